The predicted octanol–water partition coefficient (Wildman–Crippen LogP) is 3.79. The fourth-order valence-corrected chi connectivity index (χ4v) is 2.50. The van der Waals surface area contributed by atoms with Crippen molar-refractivity contribution in [1.82, 2.24) is 10.2 Å². The van der Waals surface area contributed by atoms with Crippen LogP contribution in [0.1, 0.15) is 16.8 Å². The minimum Gasteiger partial charge on any atom is -0.456 e. The minimum absolute atomic E-state index is 0.226. The molecule has 1 aromatic heterocycles. The number of halogens is 1. The molecule has 2 aromatic carbocycles. The standard InChI is InChI=1S/C18H12BrN3O2/c19-16-6-4-12(8-14-5-7-18(23)22-21-14)10-17(16)24-15-3-1-2-13(9-15)11-20/h1-7,9-10H,8H2,(H,22,23). The van der Waals surface area contributed by atoms with Crippen LogP contribution in [0.4, 0.5) is 0 Å². The zero-order valence-corrected chi connectivity index (χ0v) is 14.1. The molecule has 0 spiro atoms. The lowest BCUT2D eigenvalue weighted by molar-refractivity contribution is 0.479. The van der Waals surface area contributed by atoms with Gasteiger partial charge in [0, 0.05) is 12.5 Å². The van der Waals surface area contributed by atoms with Gasteiger partial charge < -0.3 is 4.74 Å². The molecule has 0 aliphatic rings. The van der Waals surface area contributed by atoms with Crippen molar-refractivity contribution in [2.24, 2.45) is 0 Å². The third-order valence-corrected chi connectivity index (χ3v) is 3.96. The van der Waals surface area contributed by atoms with Crippen LogP contribution in [0.3, 0.4) is 0 Å². The third-order valence-electron chi connectivity index (χ3n) is 3.31. The molecule has 0 radical (unpaired) electrons. The van der Waals surface area contributed by atoms with Crippen molar-refractivity contribution in [3.63, 3.8) is 0 Å². The maximum atomic E-state index is 11.1. The average molecular weight is 382 g/mol. The summed E-state index contributed by atoms with van der Waals surface area (Å²) in [5.74, 6) is 1.24. The Morgan fingerprint density at radius 2 is 2.04 bits per heavy atom. The highest BCUT2D eigenvalue weighted by molar-refractivity contribution is 9.10. The van der Waals surface area contributed by atoms with E-state index in [1.54, 1.807) is 30.3 Å². The normalized spacial score (nSPS) is 10.2. The van der Waals surface area contributed by atoms with E-state index in [1.165, 1.54) is 6.07 Å². The van der Waals surface area contributed by atoms with Gasteiger partial charge in [-0.3, -0.25) is 4.79 Å². The Bertz CT molecular complexity index is 956. The fourth-order valence-electron chi connectivity index (χ4n) is 2.17. The first-order chi connectivity index (χ1) is 11.6. The average Bonchev–Trinajstić information content (AvgIpc) is 2.60. The van der Waals surface area contributed by atoms with Crippen LogP contribution in [-0.4, -0.2) is 10.2 Å². The van der Waals surface area contributed by atoms with Crippen molar-refractivity contribution in [3.8, 4) is 17.6 Å². The summed E-state index contributed by atoms with van der Waals surface area (Å²) in [4.78, 5) is 11.1. The second-order valence-electron chi connectivity index (χ2n) is 5.10. The van der Waals surface area contributed by atoms with Gasteiger partial charge in [-0.05, 0) is 57.9 Å². The number of hydrogen-bond acceptors (Lipinski definition) is 4. The van der Waals surface area contributed by atoms with Crippen LogP contribution in [0, 0.1) is 11.3 Å². The number of ether oxygens (including phenoxy) is 1. The lowest BCUT2D eigenvalue weighted by atomic mass is 10.1. The van der Waals surface area contributed by atoms with Gasteiger partial charge in [-0.2, -0.15) is 10.4 Å². The largest absolute Gasteiger partial charge is 0.456 e. The van der Waals surface area contributed by atoms with Gasteiger partial charge in [0.25, 0.3) is 5.56 Å². The number of nitriles is 1. The number of nitrogens with one attached hydrogen (secondary N) is 1. The molecule has 0 unspecified atom stereocenters. The zero-order valence-electron chi connectivity index (χ0n) is 12.5. The van der Waals surface area contributed by atoms with E-state index >= 15 is 0 Å². The zero-order chi connectivity index (χ0) is 16.9. The van der Waals surface area contributed by atoms with Crippen molar-refractivity contribution in [2.45, 2.75) is 6.42 Å². The maximum Gasteiger partial charge on any atom is 0.264 e. The molecule has 0 bridgehead atoms. The van der Waals surface area contributed by atoms with Crippen LogP contribution in [-0.2, 0) is 6.42 Å². The summed E-state index contributed by atoms with van der Waals surface area (Å²) in [5, 5.41) is 15.4. The second-order valence-corrected chi connectivity index (χ2v) is 5.95. The van der Waals surface area contributed by atoms with Crippen LogP contribution >= 0.6 is 15.9 Å². The topological polar surface area (TPSA) is 78.8 Å². The van der Waals surface area contributed by atoms with E-state index in [-0.39, 0.29) is 5.56 Å². The Kier molecular flexibility index (Phi) is 4.73. The van der Waals surface area contributed by atoms with Crippen molar-refractivity contribution in [1.29, 1.82) is 5.26 Å². The Morgan fingerprint density at radius 3 is 2.79 bits per heavy atom. The Labute approximate surface area is 146 Å². The molecular formula is C18H12BrN3O2. The monoisotopic (exact) mass is 381 g/mol. The van der Waals surface area contributed by atoms with E-state index in [9.17, 15) is 4.79 Å². The molecule has 0 fully saturated rings. The lowest BCUT2D eigenvalue weighted by Crippen LogP contribution is -2.07. The van der Waals surface area contributed by atoms with Crippen LogP contribution in [0.5, 0.6) is 11.5 Å². The number of nitrogens with zero attached hydrogens (tertiary/aromatic N) is 2. The molecule has 0 saturated heterocycles. The number of benzene rings is 2. The molecule has 0 aliphatic carbocycles. The summed E-state index contributed by atoms with van der Waals surface area (Å²) >= 11 is 3.47. The van der Waals surface area contributed by atoms with E-state index in [1.807, 2.05) is 18.2 Å². The molecule has 0 aliphatic heterocycles. The number of H-pyrrole nitrogens is 1. The van der Waals surface area contributed by atoms with Gasteiger partial charge in [-0.1, -0.05) is 12.1 Å². The van der Waals surface area contributed by atoms with E-state index < -0.39 is 0 Å². The third kappa shape index (κ3) is 3.89. The van der Waals surface area contributed by atoms with Crippen molar-refractivity contribution < 1.29 is 4.74 Å². The van der Waals surface area contributed by atoms with E-state index in [2.05, 4.69) is 32.2 Å². The Hall–Kier alpha value is -2.91. The first kappa shape index (κ1) is 16.0. The van der Waals surface area contributed by atoms with Crippen molar-refractivity contribution >= 4 is 15.9 Å². The smallest absolute Gasteiger partial charge is 0.264 e. The first-order valence-corrected chi connectivity index (χ1v) is 7.94. The molecule has 118 valence electrons. The van der Waals surface area contributed by atoms with Gasteiger partial charge in [0.05, 0.1) is 21.8 Å². The van der Waals surface area contributed by atoms with Crippen LogP contribution in [0.2, 0.25) is 0 Å². The molecule has 3 aromatic rings. The van der Waals surface area contributed by atoms with Gasteiger partial charge >= 0.3 is 0 Å². The van der Waals surface area contributed by atoms with Gasteiger partial charge in [0.1, 0.15) is 11.5 Å². The molecule has 24 heavy (non-hydrogen) atoms. The van der Waals surface area contributed by atoms with Gasteiger partial charge in [-0.15, -0.1) is 0 Å². The Morgan fingerprint density at radius 1 is 1.17 bits per heavy atom. The highest BCUT2D eigenvalue weighted by atomic mass is 79.9. The maximum absolute atomic E-state index is 11.1. The Balaban J connectivity index is 1.84. The van der Waals surface area contributed by atoms with Crippen molar-refractivity contribution in [3.05, 3.63) is 86.2 Å². The van der Waals surface area contributed by atoms with E-state index in [4.69, 9.17) is 10.00 Å². The summed E-state index contributed by atoms with van der Waals surface area (Å²) in [6.07, 6.45) is 0.568. The molecule has 6 heteroatoms. The summed E-state index contributed by atoms with van der Waals surface area (Å²) in [6.45, 7) is 0. The highest BCUT2D eigenvalue weighted by Crippen LogP contribution is 2.31. The van der Waals surface area contributed by atoms with Crippen LogP contribution < -0.4 is 10.3 Å². The van der Waals surface area contributed by atoms with Crippen LogP contribution in [0.15, 0.2) is 63.9 Å². The lowest BCUT2D eigenvalue weighted by Gasteiger charge is -2.10. The minimum atomic E-state index is -0.226. The van der Waals surface area contributed by atoms with Crippen LogP contribution in [0.25, 0.3) is 0 Å². The van der Waals surface area contributed by atoms with Gasteiger partial charge in [0.2, 0.25) is 0 Å². The molecule has 1 N–H and O–H groups in total. The molecule has 0 saturated carbocycles. The van der Waals surface area contributed by atoms with Gasteiger partial charge in [-0.25, -0.2) is 5.10 Å². The summed E-state index contributed by atoms with van der Waals surface area (Å²) in [7, 11) is 0. The number of hydrogen-bond donors (Lipinski definition) is 1. The summed E-state index contributed by atoms with van der Waals surface area (Å²) in [6, 6.07) is 18.0. The molecule has 0 amide bonds. The summed E-state index contributed by atoms with van der Waals surface area (Å²) in [5.41, 5.74) is 2.06. The molecule has 1 heterocycles. The van der Waals surface area contributed by atoms with Crippen molar-refractivity contribution in [2.75, 3.05) is 0 Å². The van der Waals surface area contributed by atoms with E-state index in [0.717, 1.165) is 15.7 Å². The predicted molar refractivity (Wildman–Crippen MR) is 93.0 cm³/mol. The number of aromatic amines is 1. The SMILES string of the molecule is N#Cc1cccc(Oc2cc(Cc3ccc(=O)[nH]n3)ccc2Br)c1. The first-order valence-electron chi connectivity index (χ1n) is 7.15. The highest BCUT2D eigenvalue weighted by Gasteiger charge is 2.07. The number of rotatable bonds is 4. The fraction of sp³-hybridized carbons (Fsp3) is 0.0556. The molecule has 5 nitrogen and oxygen atoms in total. The quantitative estimate of drug-likeness (QED) is 0.745. The second kappa shape index (κ2) is 7.11. The summed E-state index contributed by atoms with van der Waals surface area (Å²) < 4.78 is 6.68. The van der Waals surface area contributed by atoms with E-state index in [0.29, 0.717) is 23.5 Å². The molecule has 3 rings (SSSR count). The van der Waals surface area contributed by atoms with Gasteiger partial charge in [0.15, 0.2) is 0 Å². The molecule has 0 atom stereocenters. The number of aromatic nitrogens is 2. The molecular weight excluding hydrogens is 370 g/mol.